The van der Waals surface area contributed by atoms with Crippen LogP contribution < -0.4 is 0 Å². The lowest BCUT2D eigenvalue weighted by atomic mass is 9.95. The Morgan fingerprint density at radius 2 is 1.81 bits per heavy atom. The number of hydrogen-bond acceptors (Lipinski definition) is 2. The van der Waals surface area contributed by atoms with Gasteiger partial charge in [-0.05, 0) is 34.7 Å². The third-order valence-electron chi connectivity index (χ3n) is 3.42. The number of esters is 1. The summed E-state index contributed by atoms with van der Waals surface area (Å²) >= 11 is 7.04. The van der Waals surface area contributed by atoms with Crippen molar-refractivity contribution < 1.29 is 9.53 Å². The maximum absolute atomic E-state index is 11.3. The Balaban J connectivity index is 2.20. The molecule has 0 aliphatic heterocycles. The Kier molecular flexibility index (Phi) is 5.59. The standard InChI is InChI=1S/C17H16Br2O2/c1-11(9-17(20)21-2)12-3-5-13(6-4-12)15-8-7-14(18)10-16(15)19/h3-8,10-11H,9H2,1-2H3. The number of carbonyl (C=O) groups excluding carboxylic acids is 1. The van der Waals surface area contributed by atoms with Gasteiger partial charge in [0.25, 0.3) is 0 Å². The minimum atomic E-state index is -0.178. The van der Waals surface area contributed by atoms with Gasteiger partial charge in [-0.15, -0.1) is 0 Å². The Hall–Kier alpha value is -1.13. The molecular weight excluding hydrogens is 396 g/mol. The highest BCUT2D eigenvalue weighted by molar-refractivity contribution is 9.11. The Morgan fingerprint density at radius 1 is 1.14 bits per heavy atom. The first-order chi connectivity index (χ1) is 10.0. The van der Waals surface area contributed by atoms with Crippen molar-refractivity contribution in [2.24, 2.45) is 0 Å². The highest BCUT2D eigenvalue weighted by atomic mass is 79.9. The van der Waals surface area contributed by atoms with E-state index in [1.54, 1.807) is 0 Å². The van der Waals surface area contributed by atoms with Crippen LogP contribution >= 0.6 is 31.9 Å². The topological polar surface area (TPSA) is 26.3 Å². The zero-order valence-electron chi connectivity index (χ0n) is 11.9. The summed E-state index contributed by atoms with van der Waals surface area (Å²) in [5.74, 6) is -0.0258. The highest BCUT2D eigenvalue weighted by Crippen LogP contribution is 2.32. The lowest BCUT2D eigenvalue weighted by molar-refractivity contribution is -0.140. The summed E-state index contributed by atoms with van der Waals surface area (Å²) in [5.41, 5.74) is 3.42. The Labute approximate surface area is 141 Å². The minimum Gasteiger partial charge on any atom is -0.469 e. The average molecular weight is 412 g/mol. The molecule has 2 rings (SSSR count). The first-order valence-electron chi connectivity index (χ1n) is 6.63. The molecular formula is C17H16Br2O2. The van der Waals surface area contributed by atoms with E-state index in [2.05, 4.69) is 62.2 Å². The molecule has 2 aromatic rings. The maximum Gasteiger partial charge on any atom is 0.306 e. The third kappa shape index (κ3) is 4.17. The van der Waals surface area contributed by atoms with Gasteiger partial charge in [0.2, 0.25) is 0 Å². The first-order valence-corrected chi connectivity index (χ1v) is 8.22. The number of halogens is 2. The fourth-order valence-electron chi connectivity index (χ4n) is 2.17. The summed E-state index contributed by atoms with van der Waals surface area (Å²) in [7, 11) is 1.42. The van der Waals surface area contributed by atoms with Gasteiger partial charge in [0.05, 0.1) is 13.5 Å². The van der Waals surface area contributed by atoms with Gasteiger partial charge in [0.15, 0.2) is 0 Å². The zero-order valence-corrected chi connectivity index (χ0v) is 15.1. The van der Waals surface area contributed by atoms with Gasteiger partial charge in [0.1, 0.15) is 0 Å². The summed E-state index contributed by atoms with van der Waals surface area (Å²) in [6.45, 7) is 2.03. The van der Waals surface area contributed by atoms with Crippen LogP contribution in [-0.2, 0) is 9.53 Å². The van der Waals surface area contributed by atoms with Crippen LogP contribution in [0.2, 0.25) is 0 Å². The summed E-state index contributed by atoms with van der Waals surface area (Å²) in [6.07, 6.45) is 0.401. The molecule has 4 heteroatoms. The normalized spacial score (nSPS) is 12.0. The quantitative estimate of drug-likeness (QED) is 0.617. The maximum atomic E-state index is 11.3. The number of ether oxygens (including phenoxy) is 1. The van der Waals surface area contributed by atoms with Gasteiger partial charge < -0.3 is 4.74 Å². The van der Waals surface area contributed by atoms with E-state index in [0.717, 1.165) is 25.6 Å². The van der Waals surface area contributed by atoms with Crippen molar-refractivity contribution in [3.63, 3.8) is 0 Å². The van der Waals surface area contributed by atoms with Crippen molar-refractivity contribution in [1.29, 1.82) is 0 Å². The molecule has 21 heavy (non-hydrogen) atoms. The first kappa shape index (κ1) is 16.2. The predicted octanol–water partition coefficient (Wildman–Crippen LogP) is 5.55. The van der Waals surface area contributed by atoms with E-state index in [0.29, 0.717) is 6.42 Å². The summed E-state index contributed by atoms with van der Waals surface area (Å²) in [5, 5.41) is 0. The van der Waals surface area contributed by atoms with Gasteiger partial charge >= 0.3 is 5.97 Å². The molecule has 1 unspecified atom stereocenters. The van der Waals surface area contributed by atoms with Crippen molar-refractivity contribution in [2.75, 3.05) is 7.11 Å². The molecule has 0 aliphatic rings. The fraction of sp³-hybridized carbons (Fsp3) is 0.235. The van der Waals surface area contributed by atoms with Gasteiger partial charge in [-0.1, -0.05) is 69.1 Å². The molecule has 110 valence electrons. The van der Waals surface area contributed by atoms with E-state index in [1.165, 1.54) is 7.11 Å². The number of rotatable bonds is 4. The predicted molar refractivity (Wildman–Crippen MR) is 92.3 cm³/mol. The van der Waals surface area contributed by atoms with Crippen molar-refractivity contribution in [3.8, 4) is 11.1 Å². The molecule has 0 saturated heterocycles. The van der Waals surface area contributed by atoms with Gasteiger partial charge in [-0.3, -0.25) is 4.79 Å². The zero-order chi connectivity index (χ0) is 15.4. The SMILES string of the molecule is COC(=O)CC(C)c1ccc(-c2ccc(Br)cc2Br)cc1. The molecule has 0 aliphatic carbocycles. The number of methoxy groups -OCH3 is 1. The molecule has 0 spiro atoms. The molecule has 0 bridgehead atoms. The minimum absolute atomic E-state index is 0.153. The molecule has 0 heterocycles. The van der Waals surface area contributed by atoms with Crippen molar-refractivity contribution in [1.82, 2.24) is 0 Å². The third-order valence-corrected chi connectivity index (χ3v) is 4.57. The summed E-state index contributed by atoms with van der Waals surface area (Å²) < 4.78 is 6.80. The van der Waals surface area contributed by atoms with Gasteiger partial charge in [-0.25, -0.2) is 0 Å². The molecule has 0 amide bonds. The smallest absolute Gasteiger partial charge is 0.306 e. The van der Waals surface area contributed by atoms with E-state index in [9.17, 15) is 4.79 Å². The lowest BCUT2D eigenvalue weighted by Crippen LogP contribution is -2.05. The van der Waals surface area contributed by atoms with E-state index < -0.39 is 0 Å². The van der Waals surface area contributed by atoms with E-state index >= 15 is 0 Å². The van der Waals surface area contributed by atoms with Crippen LogP contribution in [0.5, 0.6) is 0 Å². The number of benzene rings is 2. The molecule has 0 radical (unpaired) electrons. The van der Waals surface area contributed by atoms with E-state index in [4.69, 9.17) is 4.74 Å². The molecule has 2 aromatic carbocycles. The van der Waals surface area contributed by atoms with Crippen LogP contribution in [0, 0.1) is 0 Å². The molecule has 0 aromatic heterocycles. The largest absolute Gasteiger partial charge is 0.469 e. The molecule has 0 saturated carbocycles. The van der Waals surface area contributed by atoms with Crippen molar-refractivity contribution in [2.45, 2.75) is 19.3 Å². The monoisotopic (exact) mass is 410 g/mol. The van der Waals surface area contributed by atoms with Crippen molar-refractivity contribution >= 4 is 37.8 Å². The van der Waals surface area contributed by atoms with Crippen LogP contribution in [0.25, 0.3) is 11.1 Å². The molecule has 0 fully saturated rings. The summed E-state index contributed by atoms with van der Waals surface area (Å²) in [4.78, 5) is 11.3. The number of hydrogen-bond donors (Lipinski definition) is 0. The van der Waals surface area contributed by atoms with Crippen molar-refractivity contribution in [3.05, 3.63) is 57.0 Å². The molecule has 2 nitrogen and oxygen atoms in total. The second-order valence-electron chi connectivity index (χ2n) is 4.93. The summed E-state index contributed by atoms with van der Waals surface area (Å²) in [6, 6.07) is 14.4. The van der Waals surface area contributed by atoms with E-state index in [-0.39, 0.29) is 11.9 Å². The Bertz CT molecular complexity index is 636. The van der Waals surface area contributed by atoms with Crippen LogP contribution in [0.1, 0.15) is 24.8 Å². The second kappa shape index (κ2) is 7.23. The van der Waals surface area contributed by atoms with Crippen LogP contribution in [0.4, 0.5) is 0 Å². The van der Waals surface area contributed by atoms with Crippen LogP contribution in [-0.4, -0.2) is 13.1 Å². The molecule has 1 atom stereocenters. The van der Waals surface area contributed by atoms with Gasteiger partial charge in [-0.2, -0.15) is 0 Å². The highest BCUT2D eigenvalue weighted by Gasteiger charge is 2.12. The number of carbonyl (C=O) groups is 1. The lowest BCUT2D eigenvalue weighted by Gasteiger charge is -2.12. The average Bonchev–Trinajstić information content (AvgIpc) is 2.47. The second-order valence-corrected chi connectivity index (χ2v) is 6.70. The van der Waals surface area contributed by atoms with E-state index in [1.807, 2.05) is 19.1 Å². The fourth-order valence-corrected chi connectivity index (χ4v) is 3.44. The van der Waals surface area contributed by atoms with Crippen LogP contribution in [0.15, 0.2) is 51.4 Å². The van der Waals surface area contributed by atoms with Gasteiger partial charge in [0, 0.05) is 8.95 Å². The Morgan fingerprint density at radius 3 is 2.38 bits per heavy atom. The molecule has 0 N–H and O–H groups in total. The van der Waals surface area contributed by atoms with Crippen LogP contribution in [0.3, 0.4) is 0 Å².